The average molecular weight is 378 g/mol. The first kappa shape index (κ1) is 18.5. The van der Waals surface area contributed by atoms with Crippen LogP contribution >= 0.6 is 0 Å². The first-order chi connectivity index (χ1) is 13.7. The molecule has 28 heavy (non-hydrogen) atoms. The van der Waals surface area contributed by atoms with Gasteiger partial charge in [-0.1, -0.05) is 6.07 Å². The summed E-state index contributed by atoms with van der Waals surface area (Å²) in [4.78, 5) is 18.3. The van der Waals surface area contributed by atoms with Crippen molar-refractivity contribution in [2.24, 2.45) is 0 Å². The lowest BCUT2D eigenvalue weighted by molar-refractivity contribution is -0.114. The van der Waals surface area contributed by atoms with E-state index in [0.29, 0.717) is 13.0 Å². The maximum absolute atomic E-state index is 11.9. The van der Waals surface area contributed by atoms with Gasteiger partial charge in [-0.15, -0.1) is 0 Å². The smallest absolute Gasteiger partial charge is 0.163 e. The van der Waals surface area contributed by atoms with Gasteiger partial charge in [-0.3, -0.25) is 9.78 Å². The molecule has 0 radical (unpaired) electrons. The molecule has 1 aromatic carbocycles. The maximum Gasteiger partial charge on any atom is 0.163 e. The minimum atomic E-state index is 0.183. The largest absolute Gasteiger partial charge is 0.493 e. The van der Waals surface area contributed by atoms with Gasteiger partial charge >= 0.3 is 0 Å². The molecule has 0 amide bonds. The van der Waals surface area contributed by atoms with Crippen LogP contribution in [0.25, 0.3) is 0 Å². The van der Waals surface area contributed by atoms with Crippen molar-refractivity contribution in [3.63, 3.8) is 0 Å². The molecule has 146 valence electrons. The predicted octanol–water partition coefficient (Wildman–Crippen LogP) is 4.67. The molecule has 5 heteroatoms. The third kappa shape index (κ3) is 4.19. The Bertz CT molecular complexity index is 857. The highest BCUT2D eigenvalue weighted by atomic mass is 16.5. The number of carbonyl (C=O) groups excluding carboxylic acids is 1. The quantitative estimate of drug-likeness (QED) is 0.701. The number of allylic oxidation sites excluding steroid dienone is 2. The van der Waals surface area contributed by atoms with E-state index in [-0.39, 0.29) is 11.9 Å². The Morgan fingerprint density at radius 1 is 1.14 bits per heavy atom. The first-order valence-electron chi connectivity index (χ1n) is 9.97. The molecule has 0 spiro atoms. The molecular weight excluding hydrogens is 352 g/mol. The Morgan fingerprint density at radius 3 is 2.68 bits per heavy atom. The molecule has 5 nitrogen and oxygen atoms in total. The van der Waals surface area contributed by atoms with Crippen LogP contribution in [0.1, 0.15) is 44.1 Å². The first-order valence-corrected chi connectivity index (χ1v) is 9.97. The number of methoxy groups -OCH3 is 1. The summed E-state index contributed by atoms with van der Waals surface area (Å²) in [6.07, 6.45) is 11.6. The molecule has 0 N–H and O–H groups in total. The van der Waals surface area contributed by atoms with Crippen LogP contribution in [0, 0.1) is 0 Å². The molecule has 0 aliphatic heterocycles. The van der Waals surface area contributed by atoms with Crippen LogP contribution in [-0.2, 0) is 11.3 Å². The Kier molecular flexibility index (Phi) is 5.60. The summed E-state index contributed by atoms with van der Waals surface area (Å²) in [5, 5.41) is 0. The number of anilines is 1. The molecule has 0 bridgehead atoms. The monoisotopic (exact) mass is 378 g/mol. The van der Waals surface area contributed by atoms with Crippen molar-refractivity contribution in [1.82, 2.24) is 4.98 Å². The van der Waals surface area contributed by atoms with Crippen LogP contribution in [0.3, 0.4) is 0 Å². The van der Waals surface area contributed by atoms with E-state index in [1.54, 1.807) is 19.4 Å². The van der Waals surface area contributed by atoms with Crippen LogP contribution in [-0.4, -0.2) is 24.0 Å². The fourth-order valence-electron chi connectivity index (χ4n) is 3.94. The van der Waals surface area contributed by atoms with E-state index in [9.17, 15) is 4.79 Å². The normalized spacial score (nSPS) is 16.9. The number of hydrogen-bond donors (Lipinski definition) is 0. The molecule has 1 fully saturated rings. The van der Waals surface area contributed by atoms with Gasteiger partial charge in [-0.2, -0.15) is 0 Å². The standard InChI is InChI=1S/C23H26N2O3/c1-27-22-11-9-19(14-23(22)28-21-6-2-3-7-21)25(18-8-10-20(26)13-18)16-17-5-4-12-24-15-17/h4-5,9,11-15,21H,2-3,6-8,10,16H2,1H3. The number of nitrogens with zero attached hydrogens (tertiary/aromatic N) is 2. The van der Waals surface area contributed by atoms with E-state index in [4.69, 9.17) is 9.47 Å². The number of pyridine rings is 1. The summed E-state index contributed by atoms with van der Waals surface area (Å²) in [5.41, 5.74) is 3.13. The molecule has 0 unspecified atom stereocenters. The van der Waals surface area contributed by atoms with Gasteiger partial charge in [0, 0.05) is 48.9 Å². The summed E-state index contributed by atoms with van der Waals surface area (Å²) in [5.74, 6) is 1.70. The molecule has 0 atom stereocenters. The zero-order chi connectivity index (χ0) is 19.3. The lowest BCUT2D eigenvalue weighted by atomic mass is 10.2. The molecule has 4 rings (SSSR count). The number of hydrogen-bond acceptors (Lipinski definition) is 5. The van der Waals surface area contributed by atoms with Crippen LogP contribution in [0.15, 0.2) is 54.5 Å². The van der Waals surface area contributed by atoms with Gasteiger partial charge in [0.1, 0.15) is 0 Å². The summed E-state index contributed by atoms with van der Waals surface area (Å²) in [6, 6.07) is 10.0. The second-order valence-electron chi connectivity index (χ2n) is 7.41. The van der Waals surface area contributed by atoms with E-state index >= 15 is 0 Å². The average Bonchev–Trinajstić information content (AvgIpc) is 3.39. The Hall–Kier alpha value is -2.82. The van der Waals surface area contributed by atoms with Gasteiger partial charge in [0.25, 0.3) is 0 Å². The van der Waals surface area contributed by atoms with Crippen LogP contribution < -0.4 is 14.4 Å². The molecule has 1 saturated carbocycles. The Labute approximate surface area is 166 Å². The van der Waals surface area contributed by atoms with Crippen molar-refractivity contribution in [2.45, 2.75) is 51.2 Å². The van der Waals surface area contributed by atoms with E-state index in [1.807, 2.05) is 30.5 Å². The number of aromatic nitrogens is 1. The van der Waals surface area contributed by atoms with Crippen molar-refractivity contribution < 1.29 is 14.3 Å². The molecule has 1 aromatic heterocycles. The van der Waals surface area contributed by atoms with E-state index in [0.717, 1.165) is 47.7 Å². The lowest BCUT2D eigenvalue weighted by Crippen LogP contribution is -2.21. The Morgan fingerprint density at radius 2 is 2.00 bits per heavy atom. The second kappa shape index (κ2) is 8.46. The van der Waals surface area contributed by atoms with E-state index < -0.39 is 0 Å². The van der Waals surface area contributed by atoms with Crippen molar-refractivity contribution >= 4 is 11.5 Å². The van der Waals surface area contributed by atoms with Crippen LogP contribution in [0.5, 0.6) is 11.5 Å². The number of rotatable bonds is 7. The fourth-order valence-corrected chi connectivity index (χ4v) is 3.94. The minimum Gasteiger partial charge on any atom is -0.493 e. The van der Waals surface area contributed by atoms with Crippen molar-refractivity contribution in [3.05, 3.63) is 60.1 Å². The zero-order valence-corrected chi connectivity index (χ0v) is 16.3. The van der Waals surface area contributed by atoms with Gasteiger partial charge in [0.2, 0.25) is 0 Å². The van der Waals surface area contributed by atoms with Gasteiger partial charge in [-0.25, -0.2) is 0 Å². The highest BCUT2D eigenvalue weighted by Gasteiger charge is 2.23. The highest BCUT2D eigenvalue weighted by Crippen LogP contribution is 2.37. The highest BCUT2D eigenvalue weighted by molar-refractivity contribution is 5.93. The molecular formula is C23H26N2O3. The topological polar surface area (TPSA) is 51.7 Å². The van der Waals surface area contributed by atoms with Crippen molar-refractivity contribution in [3.8, 4) is 11.5 Å². The number of carbonyl (C=O) groups is 1. The Balaban J connectivity index is 1.66. The molecule has 2 aromatic rings. The second-order valence-corrected chi connectivity index (χ2v) is 7.41. The lowest BCUT2D eigenvalue weighted by Gasteiger charge is -2.27. The van der Waals surface area contributed by atoms with Crippen LogP contribution in [0.4, 0.5) is 5.69 Å². The zero-order valence-electron chi connectivity index (χ0n) is 16.3. The molecule has 1 heterocycles. The number of benzene rings is 1. The van der Waals surface area contributed by atoms with Gasteiger partial charge in [-0.05, 0) is 55.9 Å². The summed E-state index contributed by atoms with van der Waals surface area (Å²) < 4.78 is 11.8. The van der Waals surface area contributed by atoms with Crippen molar-refractivity contribution in [1.29, 1.82) is 0 Å². The van der Waals surface area contributed by atoms with E-state index in [1.165, 1.54) is 12.8 Å². The summed E-state index contributed by atoms with van der Waals surface area (Å²) in [7, 11) is 1.67. The molecule has 2 aliphatic carbocycles. The SMILES string of the molecule is COc1ccc(N(Cc2cccnc2)C2=CC(=O)CC2)cc1OC1CCCC1. The minimum absolute atomic E-state index is 0.183. The summed E-state index contributed by atoms with van der Waals surface area (Å²) in [6.45, 7) is 0.655. The van der Waals surface area contributed by atoms with Gasteiger partial charge in [0.15, 0.2) is 17.3 Å². The third-order valence-corrected chi connectivity index (χ3v) is 5.42. The fraction of sp³-hybridized carbons (Fsp3) is 0.391. The predicted molar refractivity (Wildman–Crippen MR) is 109 cm³/mol. The number of ketones is 1. The summed E-state index contributed by atoms with van der Waals surface area (Å²) >= 11 is 0. The van der Waals surface area contributed by atoms with Gasteiger partial charge < -0.3 is 14.4 Å². The number of ether oxygens (including phenoxy) is 2. The van der Waals surface area contributed by atoms with Crippen molar-refractivity contribution in [2.75, 3.05) is 12.0 Å². The maximum atomic E-state index is 11.9. The van der Waals surface area contributed by atoms with E-state index in [2.05, 4.69) is 16.0 Å². The third-order valence-electron chi connectivity index (χ3n) is 5.42. The van der Waals surface area contributed by atoms with Gasteiger partial charge in [0.05, 0.1) is 13.2 Å². The molecule has 2 aliphatic rings. The molecule has 0 saturated heterocycles. The van der Waals surface area contributed by atoms with Crippen LogP contribution in [0.2, 0.25) is 0 Å².